The molecule has 0 fully saturated rings. The van der Waals surface area contributed by atoms with Gasteiger partial charge in [0, 0.05) is 24.7 Å². The van der Waals surface area contributed by atoms with E-state index >= 15 is 0 Å². The van der Waals surface area contributed by atoms with Gasteiger partial charge in [-0.05, 0) is 12.3 Å². The molecule has 1 heterocycles. The summed E-state index contributed by atoms with van der Waals surface area (Å²) < 4.78 is 4.95. The number of aromatic nitrogens is 1. The van der Waals surface area contributed by atoms with E-state index in [9.17, 15) is 0 Å². The average molecular weight is 214 g/mol. The minimum absolute atomic E-state index is 0.616. The van der Waals surface area contributed by atoms with Crippen molar-refractivity contribution in [2.45, 2.75) is 26.2 Å². The van der Waals surface area contributed by atoms with Crippen LogP contribution in [0.4, 0.5) is 5.13 Å². The lowest BCUT2D eigenvalue weighted by molar-refractivity contribution is 0.211. The first kappa shape index (κ1) is 11.5. The number of hydrogen-bond donors (Lipinski definition) is 1. The molecule has 0 spiro atoms. The molecule has 0 saturated heterocycles. The highest BCUT2D eigenvalue weighted by Crippen LogP contribution is 2.27. The average Bonchev–Trinajstić information content (AvgIpc) is 2.66. The van der Waals surface area contributed by atoms with Gasteiger partial charge >= 0.3 is 0 Å². The first-order valence-corrected chi connectivity index (χ1v) is 5.78. The van der Waals surface area contributed by atoms with Crippen molar-refractivity contribution in [2.75, 3.05) is 25.6 Å². The van der Waals surface area contributed by atoms with Crippen molar-refractivity contribution in [1.82, 2.24) is 4.98 Å². The van der Waals surface area contributed by atoms with Crippen LogP contribution in [0.1, 0.15) is 31.1 Å². The van der Waals surface area contributed by atoms with Gasteiger partial charge in [0.15, 0.2) is 5.13 Å². The van der Waals surface area contributed by atoms with Crippen LogP contribution in [0, 0.1) is 0 Å². The van der Waals surface area contributed by atoms with Crippen LogP contribution >= 0.6 is 11.3 Å². The third-order valence-corrected chi connectivity index (χ3v) is 3.39. The first-order chi connectivity index (χ1) is 6.77. The molecule has 0 amide bonds. The van der Waals surface area contributed by atoms with Gasteiger partial charge in [0.2, 0.25) is 0 Å². The summed E-state index contributed by atoms with van der Waals surface area (Å²) in [5, 5.41) is 4.22. The molecule has 0 aliphatic carbocycles. The molecule has 4 heteroatoms. The number of ether oxygens (including phenoxy) is 1. The second-order valence-electron chi connectivity index (χ2n) is 3.30. The van der Waals surface area contributed by atoms with Crippen molar-refractivity contribution < 1.29 is 4.74 Å². The molecule has 1 rings (SSSR count). The summed E-state index contributed by atoms with van der Waals surface area (Å²) in [6, 6.07) is 0. The predicted molar refractivity (Wildman–Crippen MR) is 61.2 cm³/mol. The highest BCUT2D eigenvalue weighted by molar-refractivity contribution is 7.15. The zero-order chi connectivity index (χ0) is 10.4. The lowest BCUT2D eigenvalue weighted by Gasteiger charge is -2.03. The van der Waals surface area contributed by atoms with Crippen molar-refractivity contribution in [3.8, 4) is 0 Å². The van der Waals surface area contributed by atoms with Gasteiger partial charge in [-0.15, -0.1) is 11.3 Å². The number of rotatable bonds is 6. The van der Waals surface area contributed by atoms with Gasteiger partial charge in [0.05, 0.1) is 6.61 Å². The predicted octanol–water partition coefficient (Wildman–Crippen LogP) is 2.71. The molecular formula is C10H18N2OS. The van der Waals surface area contributed by atoms with Gasteiger partial charge in [0.1, 0.15) is 0 Å². The Morgan fingerprint density at radius 3 is 3.07 bits per heavy atom. The van der Waals surface area contributed by atoms with Gasteiger partial charge in [-0.3, -0.25) is 0 Å². The van der Waals surface area contributed by atoms with Gasteiger partial charge < -0.3 is 10.1 Å². The number of thiazole rings is 1. The smallest absolute Gasteiger partial charge is 0.182 e. The maximum absolute atomic E-state index is 4.95. The third-order valence-electron chi connectivity index (χ3n) is 2.20. The van der Waals surface area contributed by atoms with E-state index in [2.05, 4.69) is 24.1 Å². The van der Waals surface area contributed by atoms with E-state index in [0.717, 1.165) is 18.3 Å². The standard InChI is InChI=1S/C10H18N2OS/c1-4-8(2)9-7-12-10(14-9)11-5-6-13-3/h7-8H,4-6H2,1-3H3,(H,11,12). The zero-order valence-corrected chi connectivity index (χ0v) is 9.86. The maximum Gasteiger partial charge on any atom is 0.182 e. The van der Waals surface area contributed by atoms with Crippen LogP contribution in [0.2, 0.25) is 0 Å². The second kappa shape index (κ2) is 5.98. The van der Waals surface area contributed by atoms with Gasteiger partial charge in [-0.25, -0.2) is 4.98 Å². The molecule has 1 N–H and O–H groups in total. The number of hydrogen-bond acceptors (Lipinski definition) is 4. The summed E-state index contributed by atoms with van der Waals surface area (Å²) in [6.07, 6.45) is 3.13. The van der Waals surface area contributed by atoms with E-state index in [1.807, 2.05) is 6.20 Å². The van der Waals surface area contributed by atoms with Gasteiger partial charge in [0.25, 0.3) is 0 Å². The molecule has 0 aliphatic rings. The Balaban J connectivity index is 2.42. The van der Waals surface area contributed by atoms with Gasteiger partial charge in [-0.2, -0.15) is 0 Å². The van der Waals surface area contributed by atoms with Crippen molar-refractivity contribution in [3.63, 3.8) is 0 Å². The van der Waals surface area contributed by atoms with Gasteiger partial charge in [-0.1, -0.05) is 13.8 Å². The molecule has 1 unspecified atom stereocenters. The van der Waals surface area contributed by atoms with Crippen molar-refractivity contribution in [1.29, 1.82) is 0 Å². The van der Waals surface area contributed by atoms with Crippen LogP contribution in [-0.4, -0.2) is 25.2 Å². The number of methoxy groups -OCH3 is 1. The van der Waals surface area contributed by atoms with Crippen LogP contribution < -0.4 is 5.32 Å². The Morgan fingerprint density at radius 1 is 1.64 bits per heavy atom. The fraction of sp³-hybridized carbons (Fsp3) is 0.700. The largest absolute Gasteiger partial charge is 0.383 e. The Bertz CT molecular complexity index is 262. The SMILES string of the molecule is CCC(C)c1cnc(NCCOC)s1. The monoisotopic (exact) mass is 214 g/mol. The second-order valence-corrected chi connectivity index (χ2v) is 4.36. The van der Waals surface area contributed by atoms with E-state index in [0.29, 0.717) is 5.92 Å². The molecular weight excluding hydrogens is 196 g/mol. The Morgan fingerprint density at radius 2 is 2.43 bits per heavy atom. The Hall–Kier alpha value is -0.610. The summed E-state index contributed by atoms with van der Waals surface area (Å²) in [6.45, 7) is 5.97. The topological polar surface area (TPSA) is 34.2 Å². The quantitative estimate of drug-likeness (QED) is 0.739. The highest BCUT2D eigenvalue weighted by Gasteiger charge is 2.07. The molecule has 1 aromatic rings. The molecule has 1 aromatic heterocycles. The van der Waals surface area contributed by atoms with Crippen LogP contribution in [-0.2, 0) is 4.74 Å². The third kappa shape index (κ3) is 3.27. The van der Waals surface area contributed by atoms with E-state index in [1.165, 1.54) is 11.3 Å². The Labute approximate surface area is 89.5 Å². The molecule has 3 nitrogen and oxygen atoms in total. The summed E-state index contributed by atoms with van der Waals surface area (Å²) in [5.74, 6) is 0.616. The van der Waals surface area contributed by atoms with E-state index < -0.39 is 0 Å². The fourth-order valence-electron chi connectivity index (χ4n) is 1.06. The van der Waals surface area contributed by atoms with Crippen LogP contribution in [0.15, 0.2) is 6.20 Å². The molecule has 14 heavy (non-hydrogen) atoms. The van der Waals surface area contributed by atoms with E-state index in [1.54, 1.807) is 18.4 Å². The molecule has 80 valence electrons. The maximum atomic E-state index is 4.95. The highest BCUT2D eigenvalue weighted by atomic mass is 32.1. The molecule has 0 radical (unpaired) electrons. The van der Waals surface area contributed by atoms with Crippen LogP contribution in [0.5, 0.6) is 0 Å². The minimum atomic E-state index is 0.616. The summed E-state index contributed by atoms with van der Waals surface area (Å²) in [7, 11) is 1.70. The molecule has 0 aromatic carbocycles. The molecule has 1 atom stereocenters. The first-order valence-electron chi connectivity index (χ1n) is 4.96. The lowest BCUT2D eigenvalue weighted by atomic mass is 10.1. The van der Waals surface area contributed by atoms with Crippen LogP contribution in [0.25, 0.3) is 0 Å². The summed E-state index contributed by atoms with van der Waals surface area (Å²) in [5.41, 5.74) is 0. The van der Waals surface area contributed by atoms with Crippen molar-refractivity contribution in [2.24, 2.45) is 0 Å². The minimum Gasteiger partial charge on any atom is -0.383 e. The normalized spacial score (nSPS) is 12.8. The van der Waals surface area contributed by atoms with E-state index in [-0.39, 0.29) is 0 Å². The zero-order valence-electron chi connectivity index (χ0n) is 9.04. The number of nitrogens with one attached hydrogen (secondary N) is 1. The van der Waals surface area contributed by atoms with Crippen LogP contribution in [0.3, 0.4) is 0 Å². The molecule has 0 saturated carbocycles. The Kier molecular flexibility index (Phi) is 4.90. The lowest BCUT2D eigenvalue weighted by Crippen LogP contribution is -2.06. The van der Waals surface area contributed by atoms with Crippen molar-refractivity contribution >= 4 is 16.5 Å². The summed E-state index contributed by atoms with van der Waals surface area (Å²) >= 11 is 1.74. The number of anilines is 1. The fourth-order valence-corrected chi connectivity index (χ4v) is 2.03. The number of nitrogens with zero attached hydrogens (tertiary/aromatic N) is 1. The molecule has 0 aliphatic heterocycles. The van der Waals surface area contributed by atoms with E-state index in [4.69, 9.17) is 4.74 Å². The van der Waals surface area contributed by atoms with Crippen molar-refractivity contribution in [3.05, 3.63) is 11.1 Å². The molecule has 0 bridgehead atoms. The summed E-state index contributed by atoms with van der Waals surface area (Å²) in [4.78, 5) is 5.66.